The quantitative estimate of drug-likeness (QED) is 0.147. The largest absolute Gasteiger partial charge is 0.758 e. The zero-order chi connectivity index (χ0) is 21.6. The van der Waals surface area contributed by atoms with Gasteiger partial charge in [0.1, 0.15) is 0 Å². The van der Waals surface area contributed by atoms with Gasteiger partial charge < -0.3 is 17.6 Å². The van der Waals surface area contributed by atoms with Crippen molar-refractivity contribution < 1.29 is 9.36 Å². The fourth-order valence-electron chi connectivity index (χ4n) is 3.10. The van der Waals surface area contributed by atoms with Gasteiger partial charge >= 0.3 is 0 Å². The summed E-state index contributed by atoms with van der Waals surface area (Å²) in [6.07, 6.45) is 6.59. The van der Waals surface area contributed by atoms with Crippen molar-refractivity contribution in [3.05, 3.63) is 78.1 Å². The number of Topliss-reactive ketones (excluding diaryl/α,β-unsaturated/α-hetero) is 1. The van der Waals surface area contributed by atoms with Gasteiger partial charge in [0, 0.05) is 17.7 Å². The fourth-order valence-corrected chi connectivity index (χ4v) is 3.40. The molecule has 0 bridgehead atoms. The van der Waals surface area contributed by atoms with Gasteiger partial charge in [-0.15, -0.1) is 6.58 Å². The number of benzene rings is 1. The van der Waals surface area contributed by atoms with Gasteiger partial charge in [-0.1, -0.05) is 65.0 Å². The lowest BCUT2D eigenvalue weighted by atomic mass is 9.88. The summed E-state index contributed by atoms with van der Waals surface area (Å²) in [4.78, 5) is 17.8. The van der Waals surface area contributed by atoms with E-state index in [4.69, 9.17) is 12.6 Å². The molecular weight excluding hydrogens is 376 g/mol. The van der Waals surface area contributed by atoms with Gasteiger partial charge in [-0.25, -0.2) is 0 Å². The van der Waals surface area contributed by atoms with Crippen molar-refractivity contribution in [3.63, 3.8) is 0 Å². The molecule has 3 nitrogen and oxygen atoms in total. The molecule has 1 aromatic carbocycles. The second kappa shape index (κ2) is 9.93. The van der Waals surface area contributed by atoms with E-state index in [1.54, 1.807) is 6.08 Å². The van der Waals surface area contributed by atoms with Gasteiger partial charge in [0.25, 0.3) is 0 Å². The number of aromatic nitrogens is 1. The van der Waals surface area contributed by atoms with E-state index in [9.17, 15) is 4.79 Å². The molecule has 0 N–H and O–H groups in total. The highest BCUT2D eigenvalue weighted by molar-refractivity contribution is 7.77. The number of hydrogen-bond acceptors (Lipinski definition) is 3. The van der Waals surface area contributed by atoms with Gasteiger partial charge in [0.05, 0.1) is 6.54 Å². The summed E-state index contributed by atoms with van der Waals surface area (Å²) in [6.45, 7) is 14.9. The van der Waals surface area contributed by atoms with Crippen LogP contribution in [0.15, 0.2) is 66.4 Å². The van der Waals surface area contributed by atoms with E-state index in [0.717, 1.165) is 6.42 Å². The normalized spacial score (nSPS) is 14.3. The van der Waals surface area contributed by atoms with E-state index >= 15 is 0 Å². The predicted octanol–water partition coefficient (Wildman–Crippen LogP) is 5.34. The summed E-state index contributed by atoms with van der Waals surface area (Å²) in [5, 5.41) is 0.370. The summed E-state index contributed by atoms with van der Waals surface area (Å²) in [5.41, 5.74) is 3.12. The SMILES string of the molecule is C=CCN=C([S-])[C@H](C(=O)c1ccc([C@@H](C)CC)cc1)[n+]1ccc(C(C)(C)C)cc1. The molecular formula is C25H32N2OS. The zero-order valence-corrected chi connectivity index (χ0v) is 19.0. The predicted molar refractivity (Wildman–Crippen MR) is 124 cm³/mol. The van der Waals surface area contributed by atoms with Crippen LogP contribution in [0.1, 0.15) is 74.5 Å². The second-order valence-corrected chi connectivity index (χ2v) is 8.87. The highest BCUT2D eigenvalue weighted by atomic mass is 32.1. The maximum Gasteiger partial charge on any atom is 0.237 e. The topological polar surface area (TPSA) is 33.3 Å². The molecule has 1 heterocycles. The van der Waals surface area contributed by atoms with Crippen LogP contribution >= 0.6 is 0 Å². The van der Waals surface area contributed by atoms with Crippen molar-refractivity contribution in [1.29, 1.82) is 0 Å². The number of nitrogens with zero attached hydrogens (tertiary/aromatic N) is 2. The molecule has 0 fully saturated rings. The molecule has 0 radical (unpaired) electrons. The Morgan fingerprint density at radius 2 is 1.76 bits per heavy atom. The number of rotatable bonds is 8. The van der Waals surface area contributed by atoms with Crippen LogP contribution in [0.5, 0.6) is 0 Å². The molecule has 0 unspecified atom stereocenters. The molecule has 29 heavy (non-hydrogen) atoms. The minimum Gasteiger partial charge on any atom is -0.758 e. The maximum atomic E-state index is 13.4. The Balaban J connectivity index is 2.42. The van der Waals surface area contributed by atoms with Crippen LogP contribution in [-0.2, 0) is 18.0 Å². The third kappa shape index (κ3) is 5.83. The molecule has 0 spiro atoms. The Bertz CT molecular complexity index is 861. The van der Waals surface area contributed by atoms with Gasteiger partial charge in [-0.3, -0.25) is 4.79 Å². The first-order valence-corrected chi connectivity index (χ1v) is 10.6. The van der Waals surface area contributed by atoms with Crippen LogP contribution in [0.3, 0.4) is 0 Å². The average molecular weight is 409 g/mol. The number of ketones is 1. The lowest BCUT2D eigenvalue weighted by molar-refractivity contribution is -0.692. The number of aliphatic imine (C=N–C) groups is 1. The first kappa shape index (κ1) is 23.0. The second-order valence-electron chi connectivity index (χ2n) is 8.45. The Kier molecular flexibility index (Phi) is 7.86. The van der Waals surface area contributed by atoms with E-state index in [1.807, 2.05) is 53.4 Å². The van der Waals surface area contributed by atoms with Crippen molar-refractivity contribution in [2.75, 3.05) is 6.54 Å². The third-order valence-electron chi connectivity index (χ3n) is 5.25. The number of carbonyl (C=O) groups is 1. The lowest BCUT2D eigenvalue weighted by Gasteiger charge is -2.21. The first-order chi connectivity index (χ1) is 13.7. The molecule has 1 aromatic heterocycles. The van der Waals surface area contributed by atoms with Crippen molar-refractivity contribution in [2.24, 2.45) is 4.99 Å². The fraction of sp³-hybridized carbons (Fsp3) is 0.400. The third-order valence-corrected chi connectivity index (χ3v) is 5.60. The van der Waals surface area contributed by atoms with E-state index in [-0.39, 0.29) is 11.2 Å². The van der Waals surface area contributed by atoms with E-state index < -0.39 is 6.04 Å². The van der Waals surface area contributed by atoms with Crippen molar-refractivity contribution in [2.45, 2.75) is 58.4 Å². The molecule has 0 saturated carbocycles. The molecule has 154 valence electrons. The van der Waals surface area contributed by atoms with E-state index in [1.165, 1.54) is 11.1 Å². The molecule has 2 aromatic rings. The van der Waals surface area contributed by atoms with Crippen LogP contribution in [0.2, 0.25) is 0 Å². The first-order valence-electron chi connectivity index (χ1n) is 10.2. The molecule has 0 amide bonds. The molecule has 4 heteroatoms. The Morgan fingerprint density at radius 1 is 1.17 bits per heavy atom. The minimum absolute atomic E-state index is 0.0398. The summed E-state index contributed by atoms with van der Waals surface area (Å²) in [5.74, 6) is 0.421. The summed E-state index contributed by atoms with van der Waals surface area (Å²) < 4.78 is 1.86. The number of hydrogen-bond donors (Lipinski definition) is 0. The van der Waals surface area contributed by atoms with Gasteiger partial charge in [0.2, 0.25) is 11.8 Å². The van der Waals surface area contributed by atoms with Crippen LogP contribution < -0.4 is 4.57 Å². The monoisotopic (exact) mass is 408 g/mol. The summed E-state index contributed by atoms with van der Waals surface area (Å²) in [7, 11) is 0. The van der Waals surface area contributed by atoms with Crippen LogP contribution in [-0.4, -0.2) is 17.4 Å². The molecule has 0 aliphatic rings. The van der Waals surface area contributed by atoms with Crippen molar-refractivity contribution in [3.8, 4) is 0 Å². The van der Waals surface area contributed by atoms with E-state index in [0.29, 0.717) is 23.1 Å². The van der Waals surface area contributed by atoms with Crippen LogP contribution in [0.4, 0.5) is 0 Å². The zero-order valence-electron chi connectivity index (χ0n) is 18.2. The van der Waals surface area contributed by atoms with Crippen LogP contribution in [0, 0.1) is 0 Å². The Labute approximate surface area is 181 Å². The van der Waals surface area contributed by atoms with E-state index in [2.05, 4.69) is 46.2 Å². The molecule has 2 atom stereocenters. The summed E-state index contributed by atoms with van der Waals surface area (Å²) >= 11 is 5.54. The Hall–Kier alpha value is -2.33. The highest BCUT2D eigenvalue weighted by Gasteiger charge is 2.29. The standard InChI is InChI=1S/C25H32N2OS/c1-7-15-26-24(29)22(27-16-13-21(14-17-27)25(4,5)6)23(28)20-11-9-19(10-12-20)18(3)8-2/h7,9-14,16-18,22H,1,8,15H2,2-6H3/t18-,22-/m0/s1. The van der Waals surface area contributed by atoms with Gasteiger partial charge in [-0.2, -0.15) is 4.57 Å². The van der Waals surface area contributed by atoms with Crippen molar-refractivity contribution in [1.82, 2.24) is 0 Å². The van der Waals surface area contributed by atoms with Gasteiger partial charge in [-0.05, 0) is 33.9 Å². The smallest absolute Gasteiger partial charge is 0.237 e. The molecule has 0 saturated heterocycles. The average Bonchev–Trinajstić information content (AvgIpc) is 2.71. The minimum atomic E-state index is -0.645. The van der Waals surface area contributed by atoms with Crippen LogP contribution in [0.25, 0.3) is 0 Å². The molecule has 0 aliphatic carbocycles. The highest BCUT2D eigenvalue weighted by Crippen LogP contribution is 2.22. The summed E-state index contributed by atoms with van der Waals surface area (Å²) in [6, 6.07) is 11.3. The maximum absolute atomic E-state index is 13.4. The molecule has 0 aliphatic heterocycles. The van der Waals surface area contributed by atoms with Gasteiger partial charge in [0.15, 0.2) is 12.4 Å². The Morgan fingerprint density at radius 3 is 2.24 bits per heavy atom. The number of carbonyl (C=O) groups excluding carboxylic acids is 1. The lowest BCUT2D eigenvalue weighted by Crippen LogP contribution is -2.48. The van der Waals surface area contributed by atoms with Crippen molar-refractivity contribution >= 4 is 23.5 Å². The molecule has 2 rings (SSSR count). The number of pyridine rings is 1.